The van der Waals surface area contributed by atoms with Crippen LogP contribution < -0.4 is 4.74 Å². The fraction of sp³-hybridized carbons (Fsp3) is 0.571. The molecular formula is C14H20O3. The van der Waals surface area contributed by atoms with Gasteiger partial charge in [0, 0.05) is 18.4 Å². The molecule has 0 radical (unpaired) electrons. The van der Waals surface area contributed by atoms with Gasteiger partial charge in [-0.3, -0.25) is 0 Å². The molecule has 94 valence electrons. The molecule has 3 heteroatoms. The minimum Gasteiger partial charge on any atom is -0.494 e. The van der Waals surface area contributed by atoms with Gasteiger partial charge in [0.2, 0.25) is 0 Å². The van der Waals surface area contributed by atoms with Crippen LogP contribution in [0, 0.1) is 5.92 Å². The first-order valence-corrected chi connectivity index (χ1v) is 6.24. The smallest absolute Gasteiger partial charge is 0.119 e. The molecule has 1 aliphatic rings. The van der Waals surface area contributed by atoms with Gasteiger partial charge in [-0.15, -0.1) is 0 Å². The molecule has 3 nitrogen and oxygen atoms in total. The Morgan fingerprint density at radius 3 is 2.88 bits per heavy atom. The number of hydrogen-bond donors (Lipinski definition) is 1. The van der Waals surface area contributed by atoms with Crippen LogP contribution >= 0.6 is 0 Å². The first kappa shape index (κ1) is 12.4. The molecule has 1 unspecified atom stereocenters. The van der Waals surface area contributed by atoms with Crippen molar-refractivity contribution in [3.8, 4) is 5.75 Å². The number of aliphatic hydroxyl groups is 1. The second-order valence-electron chi connectivity index (χ2n) is 4.52. The zero-order valence-corrected chi connectivity index (χ0v) is 10.3. The van der Waals surface area contributed by atoms with Gasteiger partial charge in [0.25, 0.3) is 0 Å². The summed E-state index contributed by atoms with van der Waals surface area (Å²) in [5.41, 5.74) is 1.16. The van der Waals surface area contributed by atoms with E-state index >= 15 is 0 Å². The molecule has 1 aliphatic heterocycles. The van der Waals surface area contributed by atoms with Crippen LogP contribution in [-0.2, 0) is 4.74 Å². The number of aliphatic hydroxyl groups excluding tert-OH is 1. The van der Waals surface area contributed by atoms with E-state index in [1.54, 1.807) is 0 Å². The van der Waals surface area contributed by atoms with Crippen molar-refractivity contribution in [3.63, 3.8) is 0 Å². The van der Waals surface area contributed by atoms with Crippen molar-refractivity contribution in [1.82, 2.24) is 0 Å². The van der Waals surface area contributed by atoms with Gasteiger partial charge in [-0.2, -0.15) is 0 Å². The van der Waals surface area contributed by atoms with Crippen LogP contribution in [0.2, 0.25) is 0 Å². The van der Waals surface area contributed by atoms with Crippen molar-refractivity contribution in [3.05, 3.63) is 29.8 Å². The minimum absolute atomic E-state index is 0.187. The van der Waals surface area contributed by atoms with E-state index in [0.29, 0.717) is 12.5 Å². The molecule has 1 atom stereocenters. The summed E-state index contributed by atoms with van der Waals surface area (Å²) in [4.78, 5) is 0. The Balaban J connectivity index is 2.03. The van der Waals surface area contributed by atoms with Gasteiger partial charge < -0.3 is 14.6 Å². The summed E-state index contributed by atoms with van der Waals surface area (Å²) in [6.45, 7) is 4.50. The van der Waals surface area contributed by atoms with Gasteiger partial charge in [-0.25, -0.2) is 0 Å². The number of ether oxygens (including phenoxy) is 2. The quantitative estimate of drug-likeness (QED) is 0.823. The van der Waals surface area contributed by atoms with E-state index in [9.17, 15) is 5.11 Å². The minimum atomic E-state index is 0.187. The fourth-order valence-electron chi connectivity index (χ4n) is 2.16. The Morgan fingerprint density at radius 1 is 1.47 bits per heavy atom. The molecule has 1 N–H and O–H groups in total. The Morgan fingerprint density at radius 2 is 2.29 bits per heavy atom. The predicted molar refractivity (Wildman–Crippen MR) is 66.4 cm³/mol. The van der Waals surface area contributed by atoms with E-state index in [1.807, 2.05) is 25.1 Å². The van der Waals surface area contributed by atoms with Gasteiger partial charge >= 0.3 is 0 Å². The third-order valence-electron chi connectivity index (χ3n) is 3.19. The molecular weight excluding hydrogens is 216 g/mol. The van der Waals surface area contributed by atoms with Crippen molar-refractivity contribution >= 4 is 0 Å². The van der Waals surface area contributed by atoms with Crippen LogP contribution in [0.25, 0.3) is 0 Å². The van der Waals surface area contributed by atoms with Gasteiger partial charge in [0.05, 0.1) is 19.8 Å². The molecule has 0 spiro atoms. The first-order valence-electron chi connectivity index (χ1n) is 6.24. The summed E-state index contributed by atoms with van der Waals surface area (Å²) in [5, 5.41) is 9.49. The fourth-order valence-corrected chi connectivity index (χ4v) is 2.16. The molecule has 1 saturated heterocycles. The second kappa shape index (κ2) is 6.03. The summed E-state index contributed by atoms with van der Waals surface area (Å²) >= 11 is 0. The SMILES string of the molecule is CCOc1cccc(C(CO)CC2COC2)c1. The molecule has 1 heterocycles. The van der Waals surface area contributed by atoms with Gasteiger partial charge in [0.15, 0.2) is 0 Å². The molecule has 0 aromatic heterocycles. The van der Waals surface area contributed by atoms with E-state index in [-0.39, 0.29) is 12.5 Å². The summed E-state index contributed by atoms with van der Waals surface area (Å²) in [7, 11) is 0. The van der Waals surface area contributed by atoms with Crippen molar-refractivity contribution in [1.29, 1.82) is 0 Å². The van der Waals surface area contributed by atoms with Crippen LogP contribution in [-0.4, -0.2) is 31.5 Å². The zero-order chi connectivity index (χ0) is 12.1. The van der Waals surface area contributed by atoms with E-state index in [2.05, 4.69) is 6.07 Å². The largest absolute Gasteiger partial charge is 0.494 e. The Labute approximate surface area is 102 Å². The maximum absolute atomic E-state index is 9.49. The van der Waals surface area contributed by atoms with Crippen LogP contribution in [0.4, 0.5) is 0 Å². The molecule has 2 rings (SSSR count). The standard InChI is InChI=1S/C14H20O3/c1-2-17-14-5-3-4-12(7-14)13(8-15)6-11-9-16-10-11/h3-5,7,11,13,15H,2,6,8-10H2,1H3. The zero-order valence-electron chi connectivity index (χ0n) is 10.3. The van der Waals surface area contributed by atoms with Gasteiger partial charge in [-0.05, 0) is 31.0 Å². The lowest BCUT2D eigenvalue weighted by molar-refractivity contribution is -0.0405. The highest BCUT2D eigenvalue weighted by Gasteiger charge is 2.23. The third-order valence-corrected chi connectivity index (χ3v) is 3.19. The lowest BCUT2D eigenvalue weighted by atomic mass is 9.88. The van der Waals surface area contributed by atoms with Gasteiger partial charge in [0.1, 0.15) is 5.75 Å². The third kappa shape index (κ3) is 3.20. The number of benzene rings is 1. The van der Waals surface area contributed by atoms with E-state index in [0.717, 1.165) is 30.9 Å². The first-order chi connectivity index (χ1) is 8.33. The van der Waals surface area contributed by atoms with Crippen molar-refractivity contribution in [2.75, 3.05) is 26.4 Å². The van der Waals surface area contributed by atoms with Crippen molar-refractivity contribution in [2.45, 2.75) is 19.3 Å². The second-order valence-corrected chi connectivity index (χ2v) is 4.52. The molecule has 1 aromatic rings. The molecule has 17 heavy (non-hydrogen) atoms. The summed E-state index contributed by atoms with van der Waals surface area (Å²) in [5.74, 6) is 1.68. The molecule has 1 aromatic carbocycles. The average molecular weight is 236 g/mol. The van der Waals surface area contributed by atoms with Crippen LogP contribution in [0.15, 0.2) is 24.3 Å². The Hall–Kier alpha value is -1.06. The molecule has 0 aliphatic carbocycles. The summed E-state index contributed by atoms with van der Waals surface area (Å²) in [6, 6.07) is 8.03. The van der Waals surface area contributed by atoms with E-state index in [1.165, 1.54) is 0 Å². The molecule has 0 saturated carbocycles. The average Bonchev–Trinajstić information content (AvgIpc) is 2.29. The molecule has 0 amide bonds. The highest BCUT2D eigenvalue weighted by atomic mass is 16.5. The predicted octanol–water partition coefficient (Wildman–Crippen LogP) is 2.20. The maximum Gasteiger partial charge on any atom is 0.119 e. The lowest BCUT2D eigenvalue weighted by Crippen LogP contribution is -2.29. The van der Waals surface area contributed by atoms with Crippen molar-refractivity contribution in [2.24, 2.45) is 5.92 Å². The van der Waals surface area contributed by atoms with Crippen molar-refractivity contribution < 1.29 is 14.6 Å². The Bertz CT molecular complexity index is 347. The van der Waals surface area contributed by atoms with Crippen LogP contribution in [0.1, 0.15) is 24.8 Å². The van der Waals surface area contributed by atoms with Crippen LogP contribution in [0.5, 0.6) is 5.75 Å². The number of rotatable bonds is 6. The van der Waals surface area contributed by atoms with Crippen LogP contribution in [0.3, 0.4) is 0 Å². The summed E-state index contributed by atoms with van der Waals surface area (Å²) in [6.07, 6.45) is 0.992. The Kier molecular flexibility index (Phi) is 4.40. The highest BCUT2D eigenvalue weighted by Crippen LogP contribution is 2.29. The summed E-state index contributed by atoms with van der Waals surface area (Å²) < 4.78 is 10.7. The van der Waals surface area contributed by atoms with Gasteiger partial charge in [-0.1, -0.05) is 12.1 Å². The van der Waals surface area contributed by atoms with E-state index in [4.69, 9.17) is 9.47 Å². The number of hydrogen-bond acceptors (Lipinski definition) is 3. The van der Waals surface area contributed by atoms with E-state index < -0.39 is 0 Å². The highest BCUT2D eigenvalue weighted by molar-refractivity contribution is 5.31. The maximum atomic E-state index is 9.49. The molecule has 1 fully saturated rings. The topological polar surface area (TPSA) is 38.7 Å². The lowest BCUT2D eigenvalue weighted by Gasteiger charge is -2.29. The monoisotopic (exact) mass is 236 g/mol. The molecule has 0 bridgehead atoms. The normalized spacial score (nSPS) is 17.5.